The van der Waals surface area contributed by atoms with Crippen molar-refractivity contribution < 1.29 is 9.53 Å². The van der Waals surface area contributed by atoms with Gasteiger partial charge in [0.25, 0.3) is 0 Å². The molecule has 1 atom stereocenters. The minimum atomic E-state index is 0.538. The summed E-state index contributed by atoms with van der Waals surface area (Å²) in [6.07, 6.45) is 4.66. The van der Waals surface area contributed by atoms with Crippen molar-refractivity contribution in [1.82, 2.24) is 5.32 Å². The number of hydrogen-bond acceptors (Lipinski definition) is 2. The van der Waals surface area contributed by atoms with Crippen LogP contribution in [0.1, 0.15) is 19.3 Å². The smallest absolute Gasteiger partial charge is 0.207 e. The van der Waals surface area contributed by atoms with E-state index in [9.17, 15) is 4.79 Å². The number of nitrogens with one attached hydrogen (secondary N) is 1. The molecular weight excluding hydrogens is 130 g/mol. The average molecular weight is 143 g/mol. The van der Waals surface area contributed by atoms with Crippen LogP contribution in [0.15, 0.2) is 0 Å². The second-order valence-electron chi connectivity index (χ2n) is 2.52. The molecule has 0 aromatic carbocycles. The van der Waals surface area contributed by atoms with Crippen molar-refractivity contribution in [2.24, 2.45) is 0 Å². The predicted molar refractivity (Wildman–Crippen MR) is 37.7 cm³/mol. The summed E-state index contributed by atoms with van der Waals surface area (Å²) in [7, 11) is 0. The molecule has 0 radical (unpaired) electrons. The van der Waals surface area contributed by atoms with Crippen LogP contribution >= 0.6 is 0 Å². The minimum Gasteiger partial charge on any atom is -0.373 e. The molecule has 1 amide bonds. The van der Waals surface area contributed by atoms with Gasteiger partial charge in [0.15, 0.2) is 0 Å². The molecule has 1 aliphatic heterocycles. The van der Waals surface area contributed by atoms with Gasteiger partial charge < -0.3 is 10.1 Å². The van der Waals surface area contributed by atoms with Gasteiger partial charge in [-0.2, -0.15) is 0 Å². The number of amides is 1. The zero-order chi connectivity index (χ0) is 7.23. The Morgan fingerprint density at radius 2 is 2.40 bits per heavy atom. The van der Waals surface area contributed by atoms with E-state index >= 15 is 0 Å². The highest BCUT2D eigenvalue weighted by Crippen LogP contribution is 2.15. The number of epoxide rings is 1. The van der Waals surface area contributed by atoms with E-state index < -0.39 is 0 Å². The molecule has 0 spiro atoms. The molecule has 3 heteroatoms. The summed E-state index contributed by atoms with van der Waals surface area (Å²) in [5, 5.41) is 2.62. The van der Waals surface area contributed by atoms with Gasteiger partial charge in [0.2, 0.25) is 6.41 Å². The van der Waals surface area contributed by atoms with E-state index in [1.54, 1.807) is 0 Å². The molecule has 1 fully saturated rings. The SMILES string of the molecule is O=CNCCCCC1CO1. The van der Waals surface area contributed by atoms with Gasteiger partial charge in [0.05, 0.1) is 12.7 Å². The Balaban J connectivity index is 1.72. The molecule has 10 heavy (non-hydrogen) atoms. The Bertz CT molecular complexity index is 102. The molecule has 1 rings (SSSR count). The van der Waals surface area contributed by atoms with Gasteiger partial charge in [-0.15, -0.1) is 0 Å². The van der Waals surface area contributed by atoms with Crippen molar-refractivity contribution in [3.05, 3.63) is 0 Å². The van der Waals surface area contributed by atoms with Crippen LogP contribution in [0.2, 0.25) is 0 Å². The third-order valence-electron chi connectivity index (χ3n) is 1.58. The maximum Gasteiger partial charge on any atom is 0.207 e. The molecule has 0 aromatic heterocycles. The van der Waals surface area contributed by atoms with Crippen molar-refractivity contribution >= 4 is 6.41 Å². The van der Waals surface area contributed by atoms with Crippen LogP contribution in [-0.2, 0) is 9.53 Å². The molecule has 1 saturated heterocycles. The van der Waals surface area contributed by atoms with Gasteiger partial charge in [-0.25, -0.2) is 0 Å². The monoisotopic (exact) mass is 143 g/mol. The Kier molecular flexibility index (Phi) is 3.22. The van der Waals surface area contributed by atoms with E-state index in [4.69, 9.17) is 4.74 Å². The average Bonchev–Trinajstić information content (AvgIpc) is 2.71. The number of ether oxygens (including phenoxy) is 1. The van der Waals surface area contributed by atoms with Gasteiger partial charge in [-0.3, -0.25) is 4.79 Å². The number of hydrogen-bond donors (Lipinski definition) is 1. The Morgan fingerprint density at radius 1 is 1.60 bits per heavy atom. The van der Waals surface area contributed by atoms with Crippen LogP contribution in [0.5, 0.6) is 0 Å². The summed E-state index contributed by atoms with van der Waals surface area (Å²) in [5.74, 6) is 0. The first kappa shape index (κ1) is 7.54. The topological polar surface area (TPSA) is 41.6 Å². The largest absolute Gasteiger partial charge is 0.373 e. The van der Waals surface area contributed by atoms with Crippen molar-refractivity contribution in [3.63, 3.8) is 0 Å². The van der Waals surface area contributed by atoms with Gasteiger partial charge in [-0.1, -0.05) is 0 Å². The van der Waals surface area contributed by atoms with Gasteiger partial charge in [0, 0.05) is 6.54 Å². The lowest BCUT2D eigenvalue weighted by atomic mass is 10.2. The third-order valence-corrected chi connectivity index (χ3v) is 1.58. The molecule has 1 unspecified atom stereocenters. The summed E-state index contributed by atoms with van der Waals surface area (Å²) >= 11 is 0. The zero-order valence-corrected chi connectivity index (χ0v) is 6.01. The van der Waals surface area contributed by atoms with Crippen molar-refractivity contribution in [3.8, 4) is 0 Å². The highest BCUT2D eigenvalue weighted by Gasteiger charge is 2.20. The molecular formula is C7H13NO2. The summed E-state index contributed by atoms with van der Waals surface area (Å²) in [6, 6.07) is 0. The van der Waals surface area contributed by atoms with E-state index in [1.807, 2.05) is 0 Å². The summed E-state index contributed by atoms with van der Waals surface area (Å²) < 4.78 is 5.03. The van der Waals surface area contributed by atoms with Crippen molar-refractivity contribution in [1.29, 1.82) is 0 Å². The fourth-order valence-corrected chi connectivity index (χ4v) is 0.893. The van der Waals surface area contributed by atoms with Crippen LogP contribution < -0.4 is 5.32 Å². The van der Waals surface area contributed by atoms with Crippen molar-refractivity contribution in [2.75, 3.05) is 13.2 Å². The molecule has 1 heterocycles. The van der Waals surface area contributed by atoms with Gasteiger partial charge >= 0.3 is 0 Å². The van der Waals surface area contributed by atoms with Gasteiger partial charge in [0.1, 0.15) is 0 Å². The summed E-state index contributed by atoms with van der Waals surface area (Å²) in [4.78, 5) is 9.78. The normalized spacial score (nSPS) is 22.2. The molecule has 1 N–H and O–H groups in total. The first-order chi connectivity index (χ1) is 4.93. The van der Waals surface area contributed by atoms with E-state index in [2.05, 4.69) is 5.32 Å². The number of carbonyl (C=O) groups is 1. The first-order valence-corrected chi connectivity index (χ1v) is 3.72. The highest BCUT2D eigenvalue weighted by molar-refractivity contribution is 5.45. The van der Waals surface area contributed by atoms with Crippen LogP contribution in [0.25, 0.3) is 0 Å². The Morgan fingerprint density at radius 3 is 3.00 bits per heavy atom. The van der Waals surface area contributed by atoms with Crippen LogP contribution in [0, 0.1) is 0 Å². The lowest BCUT2D eigenvalue weighted by Crippen LogP contribution is -2.11. The quantitative estimate of drug-likeness (QED) is 0.330. The zero-order valence-electron chi connectivity index (χ0n) is 6.01. The number of rotatable bonds is 6. The number of unbranched alkanes of at least 4 members (excludes halogenated alkanes) is 1. The molecule has 0 aromatic rings. The second-order valence-corrected chi connectivity index (χ2v) is 2.52. The lowest BCUT2D eigenvalue weighted by molar-refractivity contribution is -0.109. The lowest BCUT2D eigenvalue weighted by Gasteiger charge is -1.96. The minimum absolute atomic E-state index is 0.538. The predicted octanol–water partition coefficient (Wildman–Crippen LogP) is 0.301. The van der Waals surface area contributed by atoms with Crippen LogP contribution in [0.3, 0.4) is 0 Å². The standard InChI is InChI=1S/C7H13NO2/c9-6-8-4-2-1-3-7-5-10-7/h6-7H,1-5H2,(H,8,9). The van der Waals surface area contributed by atoms with E-state index in [0.29, 0.717) is 6.10 Å². The summed E-state index contributed by atoms with van der Waals surface area (Å²) in [6.45, 7) is 1.75. The fourth-order valence-electron chi connectivity index (χ4n) is 0.893. The molecule has 1 aliphatic rings. The van der Waals surface area contributed by atoms with Crippen LogP contribution in [-0.4, -0.2) is 25.7 Å². The fraction of sp³-hybridized carbons (Fsp3) is 0.857. The number of carbonyl (C=O) groups excluding carboxylic acids is 1. The van der Waals surface area contributed by atoms with E-state index in [0.717, 1.165) is 38.8 Å². The van der Waals surface area contributed by atoms with Crippen LogP contribution in [0.4, 0.5) is 0 Å². The Labute approximate surface area is 60.7 Å². The maximum atomic E-state index is 9.78. The molecule has 0 saturated carbocycles. The van der Waals surface area contributed by atoms with E-state index in [-0.39, 0.29) is 0 Å². The van der Waals surface area contributed by atoms with E-state index in [1.165, 1.54) is 0 Å². The van der Waals surface area contributed by atoms with Crippen molar-refractivity contribution in [2.45, 2.75) is 25.4 Å². The molecule has 58 valence electrons. The maximum absolute atomic E-state index is 9.78. The Hall–Kier alpha value is -0.570. The second kappa shape index (κ2) is 4.28. The molecule has 0 bridgehead atoms. The molecule has 3 nitrogen and oxygen atoms in total. The highest BCUT2D eigenvalue weighted by atomic mass is 16.6. The summed E-state index contributed by atoms with van der Waals surface area (Å²) in [5.41, 5.74) is 0. The third kappa shape index (κ3) is 3.45. The van der Waals surface area contributed by atoms with Gasteiger partial charge in [-0.05, 0) is 19.3 Å². The molecule has 0 aliphatic carbocycles. The first-order valence-electron chi connectivity index (χ1n) is 3.72.